The summed E-state index contributed by atoms with van der Waals surface area (Å²) >= 11 is 0. The van der Waals surface area contributed by atoms with E-state index in [9.17, 15) is 0 Å². The number of ether oxygens (including phenoxy) is 1. The van der Waals surface area contributed by atoms with Crippen LogP contribution in [0.25, 0.3) is 0 Å². The molecular formula is C11H14N2O. The Hall–Kier alpha value is -1.35. The van der Waals surface area contributed by atoms with Crippen molar-refractivity contribution in [3.8, 4) is 0 Å². The third kappa shape index (κ3) is 1.93. The van der Waals surface area contributed by atoms with E-state index >= 15 is 0 Å². The van der Waals surface area contributed by atoms with Crippen molar-refractivity contribution in [2.45, 2.75) is 19.4 Å². The molecule has 3 N–H and O–H groups in total. The third-order valence-electron chi connectivity index (χ3n) is 2.44. The molecule has 0 aliphatic carbocycles. The standard InChI is InChI=1S/C11H14N2O/c12-11(13)6-8-1-2-10-7-14-4-3-9(10)5-8/h1-2,5H,3-4,6-7H2,(H3,12,13). The fourth-order valence-corrected chi connectivity index (χ4v) is 1.75. The van der Waals surface area contributed by atoms with Gasteiger partial charge < -0.3 is 10.5 Å². The fourth-order valence-electron chi connectivity index (χ4n) is 1.75. The first-order valence-corrected chi connectivity index (χ1v) is 4.77. The van der Waals surface area contributed by atoms with Crippen molar-refractivity contribution in [2.24, 2.45) is 5.73 Å². The minimum absolute atomic E-state index is 0.219. The Morgan fingerprint density at radius 2 is 2.29 bits per heavy atom. The molecule has 0 fully saturated rings. The monoisotopic (exact) mass is 190 g/mol. The molecule has 1 aliphatic heterocycles. The van der Waals surface area contributed by atoms with E-state index in [1.807, 2.05) is 6.07 Å². The Balaban J connectivity index is 2.24. The van der Waals surface area contributed by atoms with Gasteiger partial charge in [0.2, 0.25) is 0 Å². The average molecular weight is 190 g/mol. The number of fused-ring (bicyclic) bond motifs is 1. The van der Waals surface area contributed by atoms with Crippen LogP contribution in [0.4, 0.5) is 0 Å². The van der Waals surface area contributed by atoms with E-state index in [4.69, 9.17) is 15.9 Å². The van der Waals surface area contributed by atoms with E-state index in [-0.39, 0.29) is 5.84 Å². The number of nitrogens with two attached hydrogens (primary N) is 1. The molecule has 3 heteroatoms. The quantitative estimate of drug-likeness (QED) is 0.544. The molecule has 3 nitrogen and oxygen atoms in total. The smallest absolute Gasteiger partial charge is 0.0950 e. The highest BCUT2D eigenvalue weighted by atomic mass is 16.5. The van der Waals surface area contributed by atoms with Crippen molar-refractivity contribution in [3.63, 3.8) is 0 Å². The summed E-state index contributed by atoms with van der Waals surface area (Å²) in [6.07, 6.45) is 1.52. The topological polar surface area (TPSA) is 59.1 Å². The number of hydrogen-bond donors (Lipinski definition) is 2. The molecule has 74 valence electrons. The largest absolute Gasteiger partial charge is 0.387 e. The summed E-state index contributed by atoms with van der Waals surface area (Å²) in [5.74, 6) is 0.219. The van der Waals surface area contributed by atoms with E-state index < -0.39 is 0 Å². The SMILES string of the molecule is N=C(N)Cc1ccc2c(c1)CCOC2. The van der Waals surface area contributed by atoms with Crippen LogP contribution in [-0.2, 0) is 24.2 Å². The molecule has 14 heavy (non-hydrogen) atoms. The summed E-state index contributed by atoms with van der Waals surface area (Å²) < 4.78 is 5.35. The number of rotatable bonds is 2. The molecule has 0 radical (unpaired) electrons. The van der Waals surface area contributed by atoms with Crippen LogP contribution in [-0.4, -0.2) is 12.4 Å². The Morgan fingerprint density at radius 3 is 3.07 bits per heavy atom. The summed E-state index contributed by atoms with van der Waals surface area (Å²) in [6.45, 7) is 1.52. The maximum atomic E-state index is 7.22. The zero-order valence-electron chi connectivity index (χ0n) is 8.05. The predicted octanol–water partition coefficient (Wildman–Crippen LogP) is 1.24. The lowest BCUT2D eigenvalue weighted by molar-refractivity contribution is 0.110. The van der Waals surface area contributed by atoms with Crippen LogP contribution in [0, 0.1) is 5.41 Å². The van der Waals surface area contributed by atoms with Gasteiger partial charge in [0.25, 0.3) is 0 Å². The van der Waals surface area contributed by atoms with Gasteiger partial charge in [-0.25, -0.2) is 0 Å². The minimum atomic E-state index is 0.219. The van der Waals surface area contributed by atoms with Crippen molar-refractivity contribution in [1.29, 1.82) is 5.41 Å². The summed E-state index contributed by atoms with van der Waals surface area (Å²) in [6, 6.07) is 6.24. The molecule has 0 amide bonds. The predicted molar refractivity (Wildman–Crippen MR) is 55.4 cm³/mol. The van der Waals surface area contributed by atoms with Crippen molar-refractivity contribution in [3.05, 3.63) is 34.9 Å². The highest BCUT2D eigenvalue weighted by Crippen LogP contribution is 2.18. The van der Waals surface area contributed by atoms with Gasteiger partial charge in [0.05, 0.1) is 19.0 Å². The fraction of sp³-hybridized carbons (Fsp3) is 0.364. The molecule has 0 saturated carbocycles. The second-order valence-electron chi connectivity index (χ2n) is 3.61. The maximum absolute atomic E-state index is 7.22. The van der Waals surface area contributed by atoms with Crippen LogP contribution in [0.1, 0.15) is 16.7 Å². The molecule has 2 rings (SSSR count). The Labute approximate surface area is 83.4 Å². The van der Waals surface area contributed by atoms with Gasteiger partial charge in [-0.15, -0.1) is 0 Å². The van der Waals surface area contributed by atoms with E-state index in [0.717, 1.165) is 25.2 Å². The zero-order valence-corrected chi connectivity index (χ0v) is 8.05. The molecule has 1 aromatic rings. The molecule has 1 aromatic carbocycles. The molecule has 0 aromatic heterocycles. The van der Waals surface area contributed by atoms with Gasteiger partial charge in [-0.2, -0.15) is 0 Å². The van der Waals surface area contributed by atoms with Crippen LogP contribution in [0.3, 0.4) is 0 Å². The van der Waals surface area contributed by atoms with Gasteiger partial charge in [0.1, 0.15) is 0 Å². The van der Waals surface area contributed by atoms with E-state index in [2.05, 4.69) is 12.1 Å². The molecule has 0 atom stereocenters. The molecule has 0 saturated heterocycles. The van der Waals surface area contributed by atoms with Gasteiger partial charge >= 0.3 is 0 Å². The summed E-state index contributed by atoms with van der Waals surface area (Å²) in [5, 5.41) is 7.22. The maximum Gasteiger partial charge on any atom is 0.0950 e. The summed E-state index contributed by atoms with van der Waals surface area (Å²) in [4.78, 5) is 0. The number of hydrogen-bond acceptors (Lipinski definition) is 2. The minimum Gasteiger partial charge on any atom is -0.387 e. The van der Waals surface area contributed by atoms with Gasteiger partial charge in [-0.3, -0.25) is 5.41 Å². The highest BCUT2D eigenvalue weighted by molar-refractivity contribution is 5.79. The number of benzene rings is 1. The highest BCUT2D eigenvalue weighted by Gasteiger charge is 2.09. The molecule has 1 heterocycles. The van der Waals surface area contributed by atoms with Crippen LogP contribution in [0.5, 0.6) is 0 Å². The van der Waals surface area contributed by atoms with Gasteiger partial charge in [0.15, 0.2) is 0 Å². The first kappa shape index (κ1) is 9.21. The molecular weight excluding hydrogens is 176 g/mol. The van der Waals surface area contributed by atoms with E-state index in [0.29, 0.717) is 6.42 Å². The average Bonchev–Trinajstić information content (AvgIpc) is 2.17. The second-order valence-corrected chi connectivity index (χ2v) is 3.61. The van der Waals surface area contributed by atoms with Crippen molar-refractivity contribution in [2.75, 3.05) is 6.61 Å². The first-order valence-electron chi connectivity index (χ1n) is 4.77. The lowest BCUT2D eigenvalue weighted by atomic mass is 9.99. The number of amidine groups is 1. The van der Waals surface area contributed by atoms with Crippen molar-refractivity contribution in [1.82, 2.24) is 0 Å². The van der Waals surface area contributed by atoms with Crippen molar-refractivity contribution >= 4 is 5.84 Å². The van der Waals surface area contributed by atoms with Crippen molar-refractivity contribution < 1.29 is 4.74 Å². The van der Waals surface area contributed by atoms with Gasteiger partial charge in [-0.05, 0) is 23.1 Å². The molecule has 0 spiro atoms. The zero-order chi connectivity index (χ0) is 9.97. The molecule has 1 aliphatic rings. The first-order chi connectivity index (χ1) is 6.75. The van der Waals surface area contributed by atoms with Crippen LogP contribution in [0.15, 0.2) is 18.2 Å². The molecule has 0 bridgehead atoms. The van der Waals surface area contributed by atoms with Crippen LogP contribution in [0.2, 0.25) is 0 Å². The number of nitrogens with one attached hydrogen (secondary N) is 1. The normalized spacial score (nSPS) is 14.9. The second kappa shape index (κ2) is 3.80. The summed E-state index contributed by atoms with van der Waals surface area (Å²) in [5.41, 5.74) is 9.09. The third-order valence-corrected chi connectivity index (χ3v) is 2.44. The summed E-state index contributed by atoms with van der Waals surface area (Å²) in [7, 11) is 0. The van der Waals surface area contributed by atoms with E-state index in [1.54, 1.807) is 0 Å². The lowest BCUT2D eigenvalue weighted by Crippen LogP contribution is -2.14. The Morgan fingerprint density at radius 1 is 1.43 bits per heavy atom. The Kier molecular flexibility index (Phi) is 2.50. The van der Waals surface area contributed by atoms with Crippen LogP contribution >= 0.6 is 0 Å². The Bertz CT molecular complexity index is 360. The van der Waals surface area contributed by atoms with Gasteiger partial charge in [0, 0.05) is 6.42 Å². The van der Waals surface area contributed by atoms with Gasteiger partial charge in [-0.1, -0.05) is 18.2 Å². The molecule has 0 unspecified atom stereocenters. The van der Waals surface area contributed by atoms with E-state index in [1.165, 1.54) is 11.1 Å². The lowest BCUT2D eigenvalue weighted by Gasteiger charge is -2.17. The van der Waals surface area contributed by atoms with Crippen LogP contribution < -0.4 is 5.73 Å².